The Labute approximate surface area is 157 Å². The van der Waals surface area contributed by atoms with E-state index in [2.05, 4.69) is 9.62 Å². The summed E-state index contributed by atoms with van der Waals surface area (Å²) >= 11 is 0. The van der Waals surface area contributed by atoms with Crippen LogP contribution in [0.4, 0.5) is 5.69 Å². The lowest BCUT2D eigenvalue weighted by molar-refractivity contribution is -0.385. The van der Waals surface area contributed by atoms with Gasteiger partial charge in [0.15, 0.2) is 0 Å². The molecule has 0 amide bonds. The first kappa shape index (κ1) is 19.3. The Morgan fingerprint density at radius 1 is 1.33 bits per heavy atom. The van der Waals surface area contributed by atoms with Crippen LogP contribution in [0.2, 0.25) is 0 Å². The van der Waals surface area contributed by atoms with Crippen LogP contribution in [-0.4, -0.2) is 45.0 Å². The van der Waals surface area contributed by atoms with E-state index in [1.54, 1.807) is 12.3 Å². The van der Waals surface area contributed by atoms with Crippen molar-refractivity contribution in [3.8, 4) is 5.75 Å². The second-order valence-corrected chi connectivity index (χ2v) is 7.95. The first-order valence-corrected chi connectivity index (χ1v) is 10.0. The third-order valence-electron chi connectivity index (χ3n) is 4.57. The smallest absolute Gasteiger partial charge is 0.271 e. The van der Waals surface area contributed by atoms with Crippen molar-refractivity contribution in [2.75, 3.05) is 26.7 Å². The largest absolute Gasteiger partial charge is 0.495 e. The van der Waals surface area contributed by atoms with Crippen LogP contribution in [0.5, 0.6) is 5.75 Å². The Balaban J connectivity index is 1.85. The normalized spacial score (nSPS) is 16.3. The number of sulfonamides is 1. The van der Waals surface area contributed by atoms with Gasteiger partial charge in [-0.1, -0.05) is 0 Å². The molecule has 0 radical (unpaired) electrons. The molecule has 2 heterocycles. The van der Waals surface area contributed by atoms with E-state index < -0.39 is 14.9 Å². The predicted octanol–water partition coefficient (Wildman–Crippen LogP) is 2.31. The maximum Gasteiger partial charge on any atom is 0.271 e. The van der Waals surface area contributed by atoms with Gasteiger partial charge in [0.2, 0.25) is 10.0 Å². The molecule has 2 aromatic rings. The van der Waals surface area contributed by atoms with Gasteiger partial charge in [0.25, 0.3) is 5.69 Å². The number of likely N-dealkylation sites (tertiary alicyclic amines) is 1. The van der Waals surface area contributed by atoms with Crippen LogP contribution >= 0.6 is 0 Å². The van der Waals surface area contributed by atoms with Gasteiger partial charge in [0.05, 0.1) is 24.3 Å². The van der Waals surface area contributed by atoms with E-state index in [0.29, 0.717) is 5.76 Å². The van der Waals surface area contributed by atoms with Gasteiger partial charge in [-0.3, -0.25) is 15.0 Å². The van der Waals surface area contributed by atoms with Crippen molar-refractivity contribution >= 4 is 15.7 Å². The molecule has 10 heteroatoms. The standard InChI is InChI=1S/C17H21N3O6S/c1-25-16-7-6-13(20(21)22)11-17(16)27(23,24)18-12-14(15-5-4-10-26-15)19-8-2-3-9-19/h4-7,10-11,14,18H,2-3,8-9,12H2,1H3. The minimum Gasteiger partial charge on any atom is -0.495 e. The summed E-state index contributed by atoms with van der Waals surface area (Å²) in [6, 6.07) is 6.80. The highest BCUT2D eigenvalue weighted by atomic mass is 32.2. The van der Waals surface area contributed by atoms with Crippen molar-refractivity contribution < 1.29 is 22.5 Å². The first-order chi connectivity index (χ1) is 12.9. The van der Waals surface area contributed by atoms with Crippen molar-refractivity contribution in [1.29, 1.82) is 0 Å². The number of hydrogen-bond donors (Lipinski definition) is 1. The number of nitro benzene ring substituents is 1. The summed E-state index contributed by atoms with van der Waals surface area (Å²) in [6.45, 7) is 1.79. The molecular weight excluding hydrogens is 374 g/mol. The van der Waals surface area contributed by atoms with Crippen molar-refractivity contribution in [2.24, 2.45) is 0 Å². The molecule has 1 fully saturated rings. The summed E-state index contributed by atoms with van der Waals surface area (Å²) in [4.78, 5) is 12.3. The Hall–Kier alpha value is -2.43. The number of rotatable bonds is 8. The fraction of sp³-hybridized carbons (Fsp3) is 0.412. The molecule has 1 saturated heterocycles. The number of non-ortho nitro benzene ring substituents is 1. The van der Waals surface area contributed by atoms with E-state index in [0.717, 1.165) is 32.0 Å². The van der Waals surface area contributed by atoms with Crippen molar-refractivity contribution in [3.05, 3.63) is 52.5 Å². The molecule has 0 bridgehead atoms. The molecule has 0 aliphatic carbocycles. The molecule has 1 aromatic carbocycles. The summed E-state index contributed by atoms with van der Waals surface area (Å²) in [5.41, 5.74) is -0.321. The van der Waals surface area contributed by atoms with E-state index in [4.69, 9.17) is 9.15 Å². The number of methoxy groups -OCH3 is 1. The topological polar surface area (TPSA) is 115 Å². The molecule has 0 spiro atoms. The van der Waals surface area contributed by atoms with Crippen LogP contribution in [-0.2, 0) is 10.0 Å². The minimum absolute atomic E-state index is 0.0452. The highest BCUT2D eigenvalue weighted by Crippen LogP contribution is 2.29. The number of benzene rings is 1. The lowest BCUT2D eigenvalue weighted by atomic mass is 10.2. The summed E-state index contributed by atoms with van der Waals surface area (Å²) in [5.74, 6) is 0.717. The summed E-state index contributed by atoms with van der Waals surface area (Å²) in [6.07, 6.45) is 3.64. The second kappa shape index (κ2) is 8.07. The Bertz CT molecular complexity index is 891. The van der Waals surface area contributed by atoms with Crippen LogP contribution in [0.1, 0.15) is 24.6 Å². The predicted molar refractivity (Wildman–Crippen MR) is 97.1 cm³/mol. The zero-order valence-electron chi connectivity index (χ0n) is 14.8. The van der Waals surface area contributed by atoms with Gasteiger partial charge in [-0.05, 0) is 44.1 Å². The number of hydrogen-bond acceptors (Lipinski definition) is 7. The summed E-state index contributed by atoms with van der Waals surface area (Å²) in [5, 5.41) is 11.0. The number of nitrogens with zero attached hydrogens (tertiary/aromatic N) is 2. The molecule has 1 unspecified atom stereocenters. The number of furan rings is 1. The van der Waals surface area contributed by atoms with E-state index >= 15 is 0 Å². The average Bonchev–Trinajstić information content (AvgIpc) is 3.35. The zero-order valence-corrected chi connectivity index (χ0v) is 15.6. The monoisotopic (exact) mass is 395 g/mol. The summed E-state index contributed by atoms with van der Waals surface area (Å²) < 4.78 is 38.7. The molecule has 146 valence electrons. The molecule has 3 rings (SSSR count). The van der Waals surface area contributed by atoms with E-state index in [1.165, 1.54) is 19.2 Å². The Morgan fingerprint density at radius 2 is 2.07 bits per heavy atom. The van der Waals surface area contributed by atoms with Crippen LogP contribution in [0.15, 0.2) is 45.9 Å². The minimum atomic E-state index is -4.02. The molecule has 0 saturated carbocycles. The first-order valence-electron chi connectivity index (χ1n) is 8.52. The third kappa shape index (κ3) is 4.29. The quantitative estimate of drug-likeness (QED) is 0.539. The van der Waals surface area contributed by atoms with E-state index in [9.17, 15) is 18.5 Å². The van der Waals surface area contributed by atoms with Gasteiger partial charge < -0.3 is 9.15 Å². The second-order valence-electron chi connectivity index (χ2n) is 6.22. The Kier molecular flexibility index (Phi) is 5.78. The molecular formula is C17H21N3O6S. The van der Waals surface area contributed by atoms with Crippen molar-refractivity contribution in [1.82, 2.24) is 9.62 Å². The van der Waals surface area contributed by atoms with Crippen LogP contribution in [0.25, 0.3) is 0 Å². The molecule has 27 heavy (non-hydrogen) atoms. The van der Waals surface area contributed by atoms with Crippen molar-refractivity contribution in [3.63, 3.8) is 0 Å². The fourth-order valence-electron chi connectivity index (χ4n) is 3.20. The SMILES string of the molecule is COc1ccc([N+](=O)[O-])cc1S(=O)(=O)NCC(c1ccco1)N1CCCC1. The lowest BCUT2D eigenvalue weighted by Gasteiger charge is -2.26. The van der Waals surface area contributed by atoms with Gasteiger partial charge in [-0.25, -0.2) is 13.1 Å². The molecule has 1 atom stereocenters. The van der Waals surface area contributed by atoms with Crippen LogP contribution in [0, 0.1) is 10.1 Å². The lowest BCUT2D eigenvalue weighted by Crippen LogP contribution is -2.36. The molecule has 1 aliphatic rings. The summed E-state index contributed by atoms with van der Waals surface area (Å²) in [7, 11) is -2.71. The maximum atomic E-state index is 12.8. The van der Waals surface area contributed by atoms with Crippen LogP contribution < -0.4 is 9.46 Å². The average molecular weight is 395 g/mol. The number of nitro groups is 1. The van der Waals surface area contributed by atoms with E-state index in [1.807, 2.05) is 6.07 Å². The number of nitrogens with one attached hydrogen (secondary N) is 1. The number of ether oxygens (including phenoxy) is 1. The molecule has 1 aromatic heterocycles. The fourth-order valence-corrected chi connectivity index (χ4v) is 4.42. The van der Waals surface area contributed by atoms with Crippen LogP contribution in [0.3, 0.4) is 0 Å². The maximum absolute atomic E-state index is 12.8. The van der Waals surface area contributed by atoms with Gasteiger partial charge in [0.1, 0.15) is 16.4 Å². The third-order valence-corrected chi connectivity index (χ3v) is 6.01. The highest BCUT2D eigenvalue weighted by molar-refractivity contribution is 7.89. The van der Waals surface area contributed by atoms with E-state index in [-0.39, 0.29) is 28.9 Å². The Morgan fingerprint density at radius 3 is 2.67 bits per heavy atom. The van der Waals surface area contributed by atoms with Crippen molar-refractivity contribution in [2.45, 2.75) is 23.8 Å². The zero-order chi connectivity index (χ0) is 19.4. The van der Waals surface area contributed by atoms with Gasteiger partial charge in [-0.15, -0.1) is 0 Å². The molecule has 1 aliphatic heterocycles. The molecule has 1 N–H and O–H groups in total. The van der Waals surface area contributed by atoms with Gasteiger partial charge >= 0.3 is 0 Å². The van der Waals surface area contributed by atoms with Gasteiger partial charge in [-0.2, -0.15) is 0 Å². The molecule has 9 nitrogen and oxygen atoms in total. The van der Waals surface area contributed by atoms with Gasteiger partial charge in [0, 0.05) is 18.7 Å². The highest BCUT2D eigenvalue weighted by Gasteiger charge is 2.29.